The lowest BCUT2D eigenvalue weighted by Gasteiger charge is -2.37. The van der Waals surface area contributed by atoms with Gasteiger partial charge in [-0.15, -0.1) is 0 Å². The van der Waals surface area contributed by atoms with E-state index in [0.717, 1.165) is 26.2 Å². The van der Waals surface area contributed by atoms with Crippen molar-refractivity contribution in [2.75, 3.05) is 60.4 Å². The zero-order valence-electron chi connectivity index (χ0n) is 14.1. The van der Waals surface area contributed by atoms with E-state index in [1.165, 1.54) is 25.9 Å². The van der Waals surface area contributed by atoms with Gasteiger partial charge < -0.3 is 20.0 Å². The van der Waals surface area contributed by atoms with Crippen molar-refractivity contribution in [3.05, 3.63) is 0 Å². The number of nitrogens with zero attached hydrogens (tertiary/aromatic N) is 3. The van der Waals surface area contributed by atoms with E-state index in [1.54, 1.807) is 0 Å². The average Bonchev–Trinajstić information content (AvgIpc) is 2.42. The summed E-state index contributed by atoms with van der Waals surface area (Å²) in [6.07, 6.45) is 2.49. The van der Waals surface area contributed by atoms with E-state index in [-0.39, 0.29) is 5.92 Å². The number of piperidine rings is 1. The maximum absolute atomic E-state index is 12.4. The lowest BCUT2D eigenvalue weighted by molar-refractivity contribution is -0.136. The predicted octanol–water partition coefficient (Wildman–Crippen LogP) is 0.326. The molecule has 2 saturated heterocycles. The minimum Gasteiger partial charge on any atom is -0.344 e. The summed E-state index contributed by atoms with van der Waals surface area (Å²) in [5.41, 5.74) is 0. The van der Waals surface area contributed by atoms with Crippen LogP contribution in [0.25, 0.3) is 0 Å². The molecule has 122 valence electrons. The van der Waals surface area contributed by atoms with Gasteiger partial charge in [0.1, 0.15) is 0 Å². The molecule has 2 fully saturated rings. The molecule has 0 radical (unpaired) electrons. The van der Waals surface area contributed by atoms with E-state index in [0.29, 0.717) is 17.9 Å². The van der Waals surface area contributed by atoms with Gasteiger partial charge in [0.2, 0.25) is 5.91 Å². The number of likely N-dealkylation sites (N-methyl/N-ethyl adjacent to an activating group) is 2. The third-order valence-electron chi connectivity index (χ3n) is 5.39. The lowest BCUT2D eigenvalue weighted by Crippen LogP contribution is -2.51. The topological polar surface area (TPSA) is 38.8 Å². The zero-order chi connectivity index (χ0) is 15.4. The van der Waals surface area contributed by atoms with Gasteiger partial charge in [-0.1, -0.05) is 6.92 Å². The summed E-state index contributed by atoms with van der Waals surface area (Å²) in [7, 11) is 6.35. The van der Waals surface area contributed by atoms with Crippen molar-refractivity contribution in [2.45, 2.75) is 25.8 Å². The number of rotatable bonds is 6. The molecule has 2 rings (SSSR count). The molecule has 1 unspecified atom stereocenters. The van der Waals surface area contributed by atoms with Crippen molar-refractivity contribution in [1.29, 1.82) is 0 Å². The third-order valence-corrected chi connectivity index (χ3v) is 5.39. The highest BCUT2D eigenvalue weighted by atomic mass is 16.2. The molecule has 0 aliphatic carbocycles. The molecule has 1 atom stereocenters. The van der Waals surface area contributed by atoms with Gasteiger partial charge in [-0.3, -0.25) is 4.79 Å². The molecule has 2 aliphatic heterocycles. The summed E-state index contributed by atoms with van der Waals surface area (Å²) in [5, 5.41) is 3.25. The molecule has 1 N–H and O–H groups in total. The number of hydrogen-bond acceptors (Lipinski definition) is 4. The molecule has 2 heterocycles. The minimum atomic E-state index is 0.157. The molecular formula is C16H32N4O. The lowest BCUT2D eigenvalue weighted by atomic mass is 9.88. The van der Waals surface area contributed by atoms with Crippen molar-refractivity contribution in [1.82, 2.24) is 20.0 Å². The van der Waals surface area contributed by atoms with Gasteiger partial charge >= 0.3 is 0 Å². The zero-order valence-corrected chi connectivity index (χ0v) is 14.1. The average molecular weight is 296 g/mol. The molecule has 0 spiro atoms. The first-order valence-corrected chi connectivity index (χ1v) is 8.33. The first-order chi connectivity index (χ1) is 9.99. The summed E-state index contributed by atoms with van der Waals surface area (Å²) in [6, 6.07) is 0.679. The molecule has 0 aromatic carbocycles. The monoisotopic (exact) mass is 296 g/mol. The number of nitrogens with one attached hydrogen (secondary N) is 1. The van der Waals surface area contributed by atoms with Crippen LogP contribution in [-0.4, -0.2) is 87.1 Å². The van der Waals surface area contributed by atoms with Gasteiger partial charge in [0, 0.05) is 32.1 Å². The summed E-state index contributed by atoms with van der Waals surface area (Å²) in [5.74, 6) is 0.995. The van der Waals surface area contributed by atoms with Crippen LogP contribution in [0.4, 0.5) is 0 Å². The quantitative estimate of drug-likeness (QED) is 0.766. The van der Waals surface area contributed by atoms with Crippen LogP contribution >= 0.6 is 0 Å². The highest BCUT2D eigenvalue weighted by Gasteiger charge is 2.30. The molecule has 0 saturated carbocycles. The predicted molar refractivity (Wildman–Crippen MR) is 86.3 cm³/mol. The minimum absolute atomic E-state index is 0.157. The number of carbonyl (C=O) groups is 1. The van der Waals surface area contributed by atoms with E-state index < -0.39 is 0 Å². The molecule has 2 aliphatic rings. The first kappa shape index (κ1) is 16.7. The normalized spacial score (nSPS) is 23.1. The third kappa shape index (κ3) is 4.41. The Bertz CT molecular complexity index is 337. The van der Waals surface area contributed by atoms with Crippen molar-refractivity contribution < 1.29 is 4.79 Å². The van der Waals surface area contributed by atoms with Crippen molar-refractivity contribution in [3.8, 4) is 0 Å². The van der Waals surface area contributed by atoms with Crippen LogP contribution in [-0.2, 0) is 4.79 Å². The Morgan fingerprint density at radius 1 is 1.24 bits per heavy atom. The molecular weight excluding hydrogens is 264 g/mol. The van der Waals surface area contributed by atoms with Gasteiger partial charge in [-0.25, -0.2) is 0 Å². The van der Waals surface area contributed by atoms with Crippen LogP contribution in [0.1, 0.15) is 19.8 Å². The van der Waals surface area contributed by atoms with Gasteiger partial charge in [0.05, 0.1) is 0 Å². The van der Waals surface area contributed by atoms with Crippen LogP contribution in [0.2, 0.25) is 0 Å². The van der Waals surface area contributed by atoms with E-state index in [4.69, 9.17) is 0 Å². The second kappa shape index (κ2) is 7.56. The maximum Gasteiger partial charge on any atom is 0.225 e. The largest absolute Gasteiger partial charge is 0.344 e. The summed E-state index contributed by atoms with van der Waals surface area (Å²) in [6.45, 7) is 8.26. The second-order valence-electron chi connectivity index (χ2n) is 6.98. The van der Waals surface area contributed by atoms with E-state index in [2.05, 4.69) is 36.1 Å². The summed E-state index contributed by atoms with van der Waals surface area (Å²) >= 11 is 0. The van der Waals surface area contributed by atoms with Crippen LogP contribution in [0, 0.1) is 11.8 Å². The summed E-state index contributed by atoms with van der Waals surface area (Å²) < 4.78 is 0. The SMILES string of the molecule is CC(C(=O)N(C)CCN(C)C1CCN(C)CC1)C1CNC1. The number of likely N-dealkylation sites (tertiary alicyclic amines) is 1. The fourth-order valence-electron chi connectivity index (χ4n) is 3.25. The molecule has 5 nitrogen and oxygen atoms in total. The molecule has 0 aromatic heterocycles. The van der Waals surface area contributed by atoms with Gasteiger partial charge in [-0.2, -0.15) is 0 Å². The van der Waals surface area contributed by atoms with Crippen molar-refractivity contribution >= 4 is 5.91 Å². The Labute approximate surface area is 129 Å². The Hall–Kier alpha value is -0.650. The summed E-state index contributed by atoms with van der Waals surface area (Å²) in [4.78, 5) is 19.1. The Kier molecular flexibility index (Phi) is 6.02. The molecule has 0 bridgehead atoms. The van der Waals surface area contributed by atoms with Gasteiger partial charge in [-0.05, 0) is 59.0 Å². The molecule has 0 aromatic rings. The Morgan fingerprint density at radius 2 is 1.86 bits per heavy atom. The van der Waals surface area contributed by atoms with E-state index in [1.807, 2.05) is 11.9 Å². The van der Waals surface area contributed by atoms with Crippen LogP contribution in [0.15, 0.2) is 0 Å². The Balaban J connectivity index is 1.70. The maximum atomic E-state index is 12.4. The van der Waals surface area contributed by atoms with Gasteiger partial charge in [0.25, 0.3) is 0 Å². The molecule has 21 heavy (non-hydrogen) atoms. The molecule has 5 heteroatoms. The van der Waals surface area contributed by atoms with E-state index in [9.17, 15) is 4.79 Å². The van der Waals surface area contributed by atoms with Crippen molar-refractivity contribution in [3.63, 3.8) is 0 Å². The van der Waals surface area contributed by atoms with Crippen LogP contribution in [0.5, 0.6) is 0 Å². The Morgan fingerprint density at radius 3 is 2.38 bits per heavy atom. The van der Waals surface area contributed by atoms with Crippen LogP contribution in [0.3, 0.4) is 0 Å². The van der Waals surface area contributed by atoms with Gasteiger partial charge in [0.15, 0.2) is 0 Å². The highest BCUT2D eigenvalue weighted by molar-refractivity contribution is 5.78. The second-order valence-corrected chi connectivity index (χ2v) is 6.98. The number of hydrogen-bond donors (Lipinski definition) is 1. The smallest absolute Gasteiger partial charge is 0.225 e. The van der Waals surface area contributed by atoms with Crippen LogP contribution < -0.4 is 5.32 Å². The first-order valence-electron chi connectivity index (χ1n) is 8.33. The van der Waals surface area contributed by atoms with E-state index >= 15 is 0 Å². The standard InChI is InChI=1S/C16H32N4O/c1-13(14-11-17-12-14)16(21)20(4)10-9-19(3)15-5-7-18(2)8-6-15/h13-15,17H,5-12H2,1-4H3. The highest BCUT2D eigenvalue weighted by Crippen LogP contribution is 2.18. The fourth-order valence-corrected chi connectivity index (χ4v) is 3.25. The van der Waals surface area contributed by atoms with Crippen molar-refractivity contribution in [2.24, 2.45) is 11.8 Å². The number of amides is 1. The number of carbonyl (C=O) groups excluding carboxylic acids is 1. The fraction of sp³-hybridized carbons (Fsp3) is 0.938. The molecule has 1 amide bonds.